The van der Waals surface area contributed by atoms with E-state index in [0.29, 0.717) is 18.8 Å². The van der Waals surface area contributed by atoms with E-state index in [9.17, 15) is 4.79 Å². The quantitative estimate of drug-likeness (QED) is 0.640. The zero-order chi connectivity index (χ0) is 16.1. The number of aliphatic hydroxyl groups is 1. The van der Waals surface area contributed by atoms with E-state index in [1.165, 1.54) is 0 Å². The van der Waals surface area contributed by atoms with Crippen LogP contribution in [0.15, 0.2) is 6.20 Å². The van der Waals surface area contributed by atoms with E-state index in [1.807, 2.05) is 11.8 Å². The molecular formula is C14H26N6O2. The van der Waals surface area contributed by atoms with Gasteiger partial charge in [0.2, 0.25) is 5.91 Å². The van der Waals surface area contributed by atoms with Crippen LogP contribution in [-0.4, -0.2) is 63.7 Å². The molecule has 124 valence electrons. The van der Waals surface area contributed by atoms with E-state index < -0.39 is 6.04 Å². The van der Waals surface area contributed by atoms with E-state index in [0.717, 1.165) is 19.5 Å². The summed E-state index contributed by atoms with van der Waals surface area (Å²) in [6.45, 7) is 6.96. The summed E-state index contributed by atoms with van der Waals surface area (Å²) in [7, 11) is 0. The molecule has 22 heavy (non-hydrogen) atoms. The van der Waals surface area contributed by atoms with Crippen LogP contribution in [0, 0.1) is 5.92 Å². The molecular weight excluding hydrogens is 284 g/mol. The Labute approximate surface area is 130 Å². The predicted octanol–water partition coefficient (Wildman–Crippen LogP) is -0.711. The molecule has 1 aliphatic rings. The second kappa shape index (κ2) is 7.66. The summed E-state index contributed by atoms with van der Waals surface area (Å²) in [5, 5.41) is 20.4. The van der Waals surface area contributed by atoms with Crippen LogP contribution in [0.2, 0.25) is 0 Å². The lowest BCUT2D eigenvalue weighted by Gasteiger charge is -2.32. The number of carbonyl (C=O) groups excluding carboxylic acids is 1. The van der Waals surface area contributed by atoms with Gasteiger partial charge in [0.15, 0.2) is 0 Å². The Kier molecular flexibility index (Phi) is 5.87. The maximum absolute atomic E-state index is 12.9. The third kappa shape index (κ3) is 3.63. The smallest absolute Gasteiger partial charge is 0.247 e. The van der Waals surface area contributed by atoms with E-state index in [-0.39, 0.29) is 24.5 Å². The van der Waals surface area contributed by atoms with Gasteiger partial charge in [0.25, 0.3) is 0 Å². The summed E-state index contributed by atoms with van der Waals surface area (Å²) in [5.41, 5.74) is 6.27. The number of aromatic nitrogens is 3. The second-order valence-electron chi connectivity index (χ2n) is 5.82. The Bertz CT molecular complexity index is 485. The van der Waals surface area contributed by atoms with Gasteiger partial charge in [0, 0.05) is 26.2 Å². The molecule has 3 atom stereocenters. The van der Waals surface area contributed by atoms with Crippen LogP contribution in [0.3, 0.4) is 0 Å². The SMILES string of the molecule is CC[C@H](C)[C@@H](C(=O)N1CCNCC1)n1cc([C@@H](N)CO)nn1. The fourth-order valence-electron chi connectivity index (χ4n) is 2.60. The van der Waals surface area contributed by atoms with Gasteiger partial charge in [0.1, 0.15) is 11.7 Å². The highest BCUT2D eigenvalue weighted by atomic mass is 16.3. The fraction of sp³-hybridized carbons (Fsp3) is 0.786. The average molecular weight is 310 g/mol. The minimum atomic E-state index is -0.569. The highest BCUT2D eigenvalue weighted by molar-refractivity contribution is 5.80. The third-order valence-corrected chi connectivity index (χ3v) is 4.25. The molecule has 8 heteroatoms. The van der Waals surface area contributed by atoms with Crippen LogP contribution in [-0.2, 0) is 4.79 Å². The van der Waals surface area contributed by atoms with Crippen LogP contribution in [0.25, 0.3) is 0 Å². The first-order valence-electron chi connectivity index (χ1n) is 7.86. The fourth-order valence-corrected chi connectivity index (χ4v) is 2.60. The average Bonchev–Trinajstić information content (AvgIpc) is 3.04. The molecule has 1 aliphatic heterocycles. The summed E-state index contributed by atoms with van der Waals surface area (Å²) >= 11 is 0. The van der Waals surface area contributed by atoms with Crippen molar-refractivity contribution >= 4 is 5.91 Å². The number of hydrogen-bond donors (Lipinski definition) is 3. The summed E-state index contributed by atoms with van der Waals surface area (Å²) in [5.74, 6) is 0.215. The lowest BCUT2D eigenvalue weighted by Crippen LogP contribution is -2.49. The number of carbonyl (C=O) groups is 1. The summed E-state index contributed by atoms with van der Waals surface area (Å²) in [6, 6.07) is -0.948. The summed E-state index contributed by atoms with van der Waals surface area (Å²) in [6.07, 6.45) is 2.54. The van der Waals surface area contributed by atoms with Crippen molar-refractivity contribution in [2.24, 2.45) is 11.7 Å². The topological polar surface area (TPSA) is 109 Å². The van der Waals surface area contributed by atoms with Gasteiger partial charge >= 0.3 is 0 Å². The van der Waals surface area contributed by atoms with Gasteiger partial charge < -0.3 is 21.1 Å². The number of hydrogen-bond acceptors (Lipinski definition) is 6. The van der Waals surface area contributed by atoms with Crippen molar-refractivity contribution in [1.82, 2.24) is 25.2 Å². The zero-order valence-electron chi connectivity index (χ0n) is 13.3. The Morgan fingerprint density at radius 3 is 2.77 bits per heavy atom. The maximum atomic E-state index is 12.9. The third-order valence-electron chi connectivity index (χ3n) is 4.25. The van der Waals surface area contributed by atoms with Crippen molar-refractivity contribution in [2.45, 2.75) is 32.4 Å². The molecule has 2 heterocycles. The highest BCUT2D eigenvalue weighted by Gasteiger charge is 2.32. The molecule has 0 unspecified atom stereocenters. The van der Waals surface area contributed by atoms with Crippen molar-refractivity contribution in [3.05, 3.63) is 11.9 Å². The molecule has 8 nitrogen and oxygen atoms in total. The van der Waals surface area contributed by atoms with Crippen molar-refractivity contribution in [1.29, 1.82) is 0 Å². The van der Waals surface area contributed by atoms with Crippen LogP contribution in [0.5, 0.6) is 0 Å². The van der Waals surface area contributed by atoms with Gasteiger partial charge in [-0.3, -0.25) is 4.79 Å². The lowest BCUT2D eigenvalue weighted by molar-refractivity contribution is -0.137. The van der Waals surface area contributed by atoms with E-state index >= 15 is 0 Å². The Balaban J connectivity index is 2.21. The number of rotatable bonds is 6. The number of nitrogens with zero attached hydrogens (tertiary/aromatic N) is 4. The second-order valence-corrected chi connectivity index (χ2v) is 5.82. The maximum Gasteiger partial charge on any atom is 0.247 e. The first-order valence-corrected chi connectivity index (χ1v) is 7.86. The molecule has 1 aromatic rings. The molecule has 0 bridgehead atoms. The van der Waals surface area contributed by atoms with Crippen molar-refractivity contribution in [3.8, 4) is 0 Å². The van der Waals surface area contributed by atoms with Gasteiger partial charge in [0.05, 0.1) is 18.8 Å². The van der Waals surface area contributed by atoms with Gasteiger partial charge in [-0.05, 0) is 5.92 Å². The molecule has 0 radical (unpaired) electrons. The molecule has 0 aromatic carbocycles. The number of nitrogens with one attached hydrogen (secondary N) is 1. The minimum Gasteiger partial charge on any atom is -0.394 e. The molecule has 1 fully saturated rings. The molecule has 1 aromatic heterocycles. The van der Waals surface area contributed by atoms with Gasteiger partial charge in [-0.15, -0.1) is 5.10 Å². The number of amides is 1. The van der Waals surface area contributed by atoms with Crippen LogP contribution in [0.1, 0.15) is 38.0 Å². The molecule has 4 N–H and O–H groups in total. The van der Waals surface area contributed by atoms with Crippen LogP contribution >= 0.6 is 0 Å². The van der Waals surface area contributed by atoms with E-state index in [2.05, 4.69) is 22.6 Å². The van der Waals surface area contributed by atoms with Crippen molar-refractivity contribution < 1.29 is 9.90 Å². The number of piperazine rings is 1. The van der Waals surface area contributed by atoms with Gasteiger partial charge in [-0.2, -0.15) is 0 Å². The van der Waals surface area contributed by atoms with Crippen molar-refractivity contribution in [3.63, 3.8) is 0 Å². The van der Waals surface area contributed by atoms with Crippen LogP contribution in [0.4, 0.5) is 0 Å². The van der Waals surface area contributed by atoms with Gasteiger partial charge in [-0.25, -0.2) is 4.68 Å². The zero-order valence-corrected chi connectivity index (χ0v) is 13.3. The Morgan fingerprint density at radius 1 is 1.50 bits per heavy atom. The normalized spacial score (nSPS) is 19.7. The van der Waals surface area contributed by atoms with E-state index in [4.69, 9.17) is 10.8 Å². The number of nitrogens with two attached hydrogens (primary N) is 1. The van der Waals surface area contributed by atoms with Crippen LogP contribution < -0.4 is 11.1 Å². The van der Waals surface area contributed by atoms with E-state index in [1.54, 1.807) is 10.9 Å². The predicted molar refractivity (Wildman–Crippen MR) is 82.0 cm³/mol. The highest BCUT2D eigenvalue weighted by Crippen LogP contribution is 2.24. The Hall–Kier alpha value is -1.51. The molecule has 0 spiro atoms. The summed E-state index contributed by atoms with van der Waals surface area (Å²) in [4.78, 5) is 14.8. The first-order chi connectivity index (χ1) is 10.6. The van der Waals surface area contributed by atoms with Crippen molar-refractivity contribution in [2.75, 3.05) is 32.8 Å². The lowest BCUT2D eigenvalue weighted by atomic mass is 9.97. The largest absolute Gasteiger partial charge is 0.394 e. The molecule has 2 rings (SSSR count). The molecule has 1 saturated heterocycles. The molecule has 0 aliphatic carbocycles. The first kappa shape index (κ1) is 16.9. The standard InChI is InChI=1S/C14H26N6O2/c1-3-10(2)13(14(22)19-6-4-16-5-7-19)20-8-12(17-18-20)11(15)9-21/h8,10-11,13,16,21H,3-7,9,15H2,1-2H3/t10-,11-,13-/m0/s1. The molecule has 1 amide bonds. The number of aliphatic hydroxyl groups excluding tert-OH is 1. The minimum absolute atomic E-state index is 0.0740. The monoisotopic (exact) mass is 310 g/mol. The van der Waals surface area contributed by atoms with Gasteiger partial charge in [-0.1, -0.05) is 25.5 Å². The Morgan fingerprint density at radius 2 is 2.18 bits per heavy atom. The summed E-state index contributed by atoms with van der Waals surface area (Å²) < 4.78 is 1.60. The molecule has 0 saturated carbocycles.